The highest BCUT2D eigenvalue weighted by Gasteiger charge is 2.12. The number of alkyl halides is 1. The minimum Gasteiger partial charge on any atom is -0.340 e. The van der Waals surface area contributed by atoms with Gasteiger partial charge in [-0.05, 0) is 42.2 Å². The summed E-state index contributed by atoms with van der Waals surface area (Å²) in [5, 5.41) is 3.79. The summed E-state index contributed by atoms with van der Waals surface area (Å²) in [6.07, 6.45) is 2.58. The van der Waals surface area contributed by atoms with Crippen LogP contribution in [0, 0.1) is 0 Å². The van der Waals surface area contributed by atoms with E-state index in [1.54, 1.807) is 0 Å². The number of aromatic nitrogens is 1. The second kappa shape index (κ2) is 7.10. The molecule has 0 aliphatic carbocycles. The van der Waals surface area contributed by atoms with E-state index in [0.29, 0.717) is 6.42 Å². The molecule has 0 saturated heterocycles. The van der Waals surface area contributed by atoms with Gasteiger partial charge in [0.2, 0.25) is 0 Å². The molecule has 3 aromatic carbocycles. The summed E-state index contributed by atoms with van der Waals surface area (Å²) in [7, 11) is 0. The predicted molar refractivity (Wildman–Crippen MR) is 105 cm³/mol. The van der Waals surface area contributed by atoms with Crippen LogP contribution < -0.4 is 0 Å². The monoisotopic (exact) mass is 331 g/mol. The molecular formula is C23H22FN. The number of aryl methyl sites for hydroxylation is 1. The lowest BCUT2D eigenvalue weighted by Crippen LogP contribution is -2.00. The molecule has 4 aromatic rings. The number of rotatable bonds is 6. The lowest BCUT2D eigenvalue weighted by molar-refractivity contribution is 0.449. The van der Waals surface area contributed by atoms with Crippen LogP contribution >= 0.6 is 0 Å². The molecule has 0 atom stereocenters. The first kappa shape index (κ1) is 15.9. The number of fused-ring (bicyclic) bond motifs is 2. The Morgan fingerprint density at radius 2 is 1.48 bits per heavy atom. The van der Waals surface area contributed by atoms with Crippen molar-refractivity contribution in [2.45, 2.75) is 25.8 Å². The normalized spacial score (nSPS) is 11.4. The molecule has 0 spiro atoms. The zero-order valence-corrected chi connectivity index (χ0v) is 14.3. The maximum absolute atomic E-state index is 12.4. The van der Waals surface area contributed by atoms with Crippen molar-refractivity contribution in [1.29, 1.82) is 0 Å². The Morgan fingerprint density at radius 1 is 0.720 bits per heavy atom. The van der Waals surface area contributed by atoms with Gasteiger partial charge in [0.1, 0.15) is 0 Å². The standard InChI is InChI=1S/C23H22FN/c24-15-6-1-7-16-25-22-14-5-3-10-19(22)17-23(25)21-13-8-11-18-9-2-4-12-20(18)21/h2-5,8-14,17H,1,6-7,15-16H2. The highest BCUT2D eigenvalue weighted by molar-refractivity contribution is 5.99. The van der Waals surface area contributed by atoms with Crippen LogP contribution in [0.5, 0.6) is 0 Å². The van der Waals surface area contributed by atoms with Crippen molar-refractivity contribution in [3.8, 4) is 11.3 Å². The van der Waals surface area contributed by atoms with Crippen molar-refractivity contribution in [2.24, 2.45) is 0 Å². The van der Waals surface area contributed by atoms with E-state index in [9.17, 15) is 4.39 Å². The Kier molecular flexibility index (Phi) is 4.51. The smallest absolute Gasteiger partial charge is 0.0894 e. The number of unbranched alkanes of at least 4 members (excludes halogenated alkanes) is 2. The summed E-state index contributed by atoms with van der Waals surface area (Å²) in [6.45, 7) is 0.703. The van der Waals surface area contributed by atoms with Gasteiger partial charge < -0.3 is 4.57 Å². The molecule has 0 unspecified atom stereocenters. The topological polar surface area (TPSA) is 4.93 Å². The van der Waals surface area contributed by atoms with Crippen molar-refractivity contribution >= 4 is 21.7 Å². The third-order valence-electron chi connectivity index (χ3n) is 4.89. The molecule has 0 bridgehead atoms. The fraction of sp³-hybridized carbons (Fsp3) is 0.217. The number of hydrogen-bond donors (Lipinski definition) is 0. The molecule has 25 heavy (non-hydrogen) atoms. The van der Waals surface area contributed by atoms with Gasteiger partial charge in [-0.2, -0.15) is 0 Å². The van der Waals surface area contributed by atoms with Gasteiger partial charge in [0.15, 0.2) is 0 Å². The predicted octanol–water partition coefficient (Wildman–Crippen LogP) is 6.60. The number of halogens is 1. The summed E-state index contributed by atoms with van der Waals surface area (Å²) < 4.78 is 14.8. The number of hydrogen-bond acceptors (Lipinski definition) is 0. The minimum absolute atomic E-state index is 0.220. The molecule has 1 aromatic heterocycles. The lowest BCUT2D eigenvalue weighted by Gasteiger charge is -2.13. The average Bonchev–Trinajstić information content (AvgIpc) is 3.03. The highest BCUT2D eigenvalue weighted by Crippen LogP contribution is 2.33. The quantitative estimate of drug-likeness (QED) is 0.351. The van der Waals surface area contributed by atoms with E-state index in [-0.39, 0.29) is 6.67 Å². The SMILES string of the molecule is FCCCCCn1c(-c2cccc3ccccc23)cc2ccccc21. The fourth-order valence-corrected chi connectivity index (χ4v) is 3.66. The van der Waals surface area contributed by atoms with Gasteiger partial charge >= 0.3 is 0 Å². The van der Waals surface area contributed by atoms with Crippen LogP contribution in [0.3, 0.4) is 0 Å². The fourth-order valence-electron chi connectivity index (χ4n) is 3.66. The van der Waals surface area contributed by atoms with E-state index in [1.165, 1.54) is 32.9 Å². The zero-order chi connectivity index (χ0) is 17.1. The summed E-state index contributed by atoms with van der Waals surface area (Å²) in [6, 6.07) is 25.8. The van der Waals surface area contributed by atoms with Gasteiger partial charge in [0.25, 0.3) is 0 Å². The summed E-state index contributed by atoms with van der Waals surface area (Å²) >= 11 is 0. The molecule has 0 saturated carbocycles. The molecule has 0 radical (unpaired) electrons. The molecule has 4 rings (SSSR count). The Hall–Kier alpha value is -2.61. The minimum atomic E-state index is -0.220. The van der Waals surface area contributed by atoms with E-state index in [4.69, 9.17) is 0 Å². The molecule has 0 amide bonds. The van der Waals surface area contributed by atoms with E-state index < -0.39 is 0 Å². The largest absolute Gasteiger partial charge is 0.340 e. The zero-order valence-electron chi connectivity index (χ0n) is 14.3. The molecule has 1 heterocycles. The van der Waals surface area contributed by atoms with E-state index >= 15 is 0 Å². The first-order valence-corrected chi connectivity index (χ1v) is 9.01. The van der Waals surface area contributed by atoms with E-state index in [2.05, 4.69) is 77.4 Å². The van der Waals surface area contributed by atoms with Crippen LogP contribution in [0.4, 0.5) is 4.39 Å². The van der Waals surface area contributed by atoms with Crippen LogP contribution in [-0.4, -0.2) is 11.2 Å². The van der Waals surface area contributed by atoms with Crippen LogP contribution in [0.15, 0.2) is 72.8 Å². The van der Waals surface area contributed by atoms with Crippen LogP contribution in [0.1, 0.15) is 19.3 Å². The van der Waals surface area contributed by atoms with Crippen molar-refractivity contribution in [3.05, 3.63) is 72.8 Å². The van der Waals surface area contributed by atoms with Crippen molar-refractivity contribution in [2.75, 3.05) is 6.67 Å². The first-order valence-electron chi connectivity index (χ1n) is 9.01. The molecule has 126 valence electrons. The molecule has 0 fully saturated rings. The molecule has 0 N–H and O–H groups in total. The number of benzene rings is 3. The van der Waals surface area contributed by atoms with Gasteiger partial charge in [-0.3, -0.25) is 4.39 Å². The third kappa shape index (κ3) is 3.05. The molecular weight excluding hydrogens is 309 g/mol. The Bertz CT molecular complexity index is 994. The summed E-state index contributed by atoms with van der Waals surface area (Å²) in [4.78, 5) is 0. The molecule has 2 heteroatoms. The van der Waals surface area contributed by atoms with E-state index in [0.717, 1.165) is 19.4 Å². The highest BCUT2D eigenvalue weighted by atomic mass is 19.1. The second-order valence-corrected chi connectivity index (χ2v) is 6.52. The lowest BCUT2D eigenvalue weighted by atomic mass is 10.0. The Morgan fingerprint density at radius 3 is 2.36 bits per heavy atom. The van der Waals surface area contributed by atoms with Gasteiger partial charge in [0.05, 0.1) is 6.67 Å². The van der Waals surface area contributed by atoms with Gasteiger partial charge in [0, 0.05) is 28.7 Å². The summed E-state index contributed by atoms with van der Waals surface area (Å²) in [5.41, 5.74) is 3.77. The van der Waals surface area contributed by atoms with Crippen molar-refractivity contribution in [1.82, 2.24) is 4.57 Å². The second-order valence-electron chi connectivity index (χ2n) is 6.52. The number of nitrogens with zero attached hydrogens (tertiary/aromatic N) is 1. The van der Waals surface area contributed by atoms with Crippen LogP contribution in [0.2, 0.25) is 0 Å². The maximum atomic E-state index is 12.4. The van der Waals surface area contributed by atoms with Crippen LogP contribution in [-0.2, 0) is 6.54 Å². The van der Waals surface area contributed by atoms with Gasteiger partial charge in [-0.1, -0.05) is 60.7 Å². The van der Waals surface area contributed by atoms with Gasteiger partial charge in [-0.15, -0.1) is 0 Å². The van der Waals surface area contributed by atoms with E-state index in [1.807, 2.05) is 0 Å². The molecule has 0 aliphatic rings. The summed E-state index contributed by atoms with van der Waals surface area (Å²) in [5.74, 6) is 0. The van der Waals surface area contributed by atoms with Crippen molar-refractivity contribution in [3.63, 3.8) is 0 Å². The average molecular weight is 331 g/mol. The Labute approximate surface area is 147 Å². The van der Waals surface area contributed by atoms with Gasteiger partial charge in [-0.25, -0.2) is 0 Å². The van der Waals surface area contributed by atoms with Crippen LogP contribution in [0.25, 0.3) is 32.9 Å². The Balaban J connectivity index is 1.85. The third-order valence-corrected chi connectivity index (χ3v) is 4.89. The molecule has 0 aliphatic heterocycles. The molecule has 1 nitrogen and oxygen atoms in total. The number of para-hydroxylation sites is 1. The first-order chi connectivity index (χ1) is 12.4. The van der Waals surface area contributed by atoms with Crippen molar-refractivity contribution < 1.29 is 4.39 Å². The maximum Gasteiger partial charge on any atom is 0.0894 e.